The van der Waals surface area contributed by atoms with Crippen LogP contribution in [0.25, 0.3) is 0 Å². The number of nitrogens with one attached hydrogen (secondary N) is 1. The molecule has 1 aromatic rings. The van der Waals surface area contributed by atoms with Crippen LogP contribution in [0.3, 0.4) is 0 Å². The van der Waals surface area contributed by atoms with Crippen LogP contribution >= 0.6 is 11.3 Å². The van der Waals surface area contributed by atoms with Gasteiger partial charge in [-0.2, -0.15) is 0 Å². The summed E-state index contributed by atoms with van der Waals surface area (Å²) in [6, 6.07) is 4.42. The second-order valence-corrected chi connectivity index (χ2v) is 4.36. The Kier molecular flexibility index (Phi) is 5.64. The number of thiophene rings is 1. The monoisotopic (exact) mass is 239 g/mol. The van der Waals surface area contributed by atoms with Crippen LogP contribution in [0.1, 0.15) is 30.7 Å². The molecule has 1 atom stereocenters. The molecule has 0 aromatic carbocycles. The lowest BCUT2D eigenvalue weighted by molar-refractivity contribution is -0.134. The van der Waals surface area contributed by atoms with E-state index in [4.69, 9.17) is 0 Å². The second kappa shape index (κ2) is 7.06. The molecule has 16 heavy (non-hydrogen) atoms. The van der Waals surface area contributed by atoms with Gasteiger partial charge in [0.2, 0.25) is 0 Å². The minimum absolute atomic E-state index is 0.283. The van der Waals surface area contributed by atoms with Crippen LogP contribution in [-0.2, 0) is 9.53 Å². The van der Waals surface area contributed by atoms with E-state index in [-0.39, 0.29) is 12.0 Å². The van der Waals surface area contributed by atoms with Crippen LogP contribution < -0.4 is 5.32 Å². The van der Waals surface area contributed by atoms with Crippen LogP contribution in [0.2, 0.25) is 0 Å². The average Bonchev–Trinajstić information content (AvgIpc) is 2.81. The van der Waals surface area contributed by atoms with E-state index in [0.29, 0.717) is 0 Å². The van der Waals surface area contributed by atoms with E-state index in [9.17, 15) is 4.79 Å². The van der Waals surface area contributed by atoms with Crippen molar-refractivity contribution in [2.45, 2.75) is 25.8 Å². The van der Waals surface area contributed by atoms with Crippen LogP contribution in [0.15, 0.2) is 29.8 Å². The summed E-state index contributed by atoms with van der Waals surface area (Å²) in [4.78, 5) is 12.2. The fraction of sp³-hybridized carbons (Fsp3) is 0.417. The van der Waals surface area contributed by atoms with Gasteiger partial charge in [0.1, 0.15) is 0 Å². The molecule has 1 heterocycles. The summed E-state index contributed by atoms with van der Waals surface area (Å²) in [7, 11) is 1.37. The van der Waals surface area contributed by atoms with Crippen molar-refractivity contribution < 1.29 is 9.53 Å². The third-order valence-corrected chi connectivity index (χ3v) is 3.17. The Balaban J connectivity index is 2.52. The van der Waals surface area contributed by atoms with E-state index >= 15 is 0 Å². The van der Waals surface area contributed by atoms with Crippen molar-refractivity contribution in [3.05, 3.63) is 34.7 Å². The molecule has 0 aliphatic heterocycles. The Morgan fingerprint density at radius 2 is 2.50 bits per heavy atom. The Labute approximate surface area is 100 Å². The van der Waals surface area contributed by atoms with Gasteiger partial charge in [-0.15, -0.1) is 11.3 Å². The zero-order valence-electron chi connectivity index (χ0n) is 9.60. The van der Waals surface area contributed by atoms with Gasteiger partial charge >= 0.3 is 5.97 Å². The topological polar surface area (TPSA) is 38.3 Å². The van der Waals surface area contributed by atoms with E-state index in [1.807, 2.05) is 6.07 Å². The maximum Gasteiger partial charge on any atom is 0.331 e. The summed E-state index contributed by atoms with van der Waals surface area (Å²) in [6.07, 6.45) is 5.20. The highest BCUT2D eigenvalue weighted by Crippen LogP contribution is 2.22. The molecule has 0 amide bonds. The molecule has 1 rings (SSSR count). The molecule has 1 aromatic heterocycles. The van der Waals surface area contributed by atoms with Crippen molar-refractivity contribution in [1.29, 1.82) is 0 Å². The maximum absolute atomic E-state index is 10.9. The van der Waals surface area contributed by atoms with Gasteiger partial charge in [0.05, 0.1) is 13.2 Å². The van der Waals surface area contributed by atoms with Gasteiger partial charge in [-0.05, 0) is 17.9 Å². The molecule has 0 saturated heterocycles. The standard InChI is InChI=1S/C12H17NO2S/c1-3-5-10(11-6-4-9-16-11)13-8-7-12(14)15-2/h4,6-10,13H,3,5H2,1-2H3/b8-7+. The number of hydrogen-bond acceptors (Lipinski definition) is 4. The van der Waals surface area contributed by atoms with Gasteiger partial charge in [-0.25, -0.2) is 4.79 Å². The summed E-state index contributed by atoms with van der Waals surface area (Å²) in [5, 5.41) is 5.28. The number of esters is 1. The van der Waals surface area contributed by atoms with Crippen molar-refractivity contribution in [1.82, 2.24) is 5.32 Å². The minimum Gasteiger partial charge on any atom is -0.466 e. The molecule has 0 aliphatic carbocycles. The van der Waals surface area contributed by atoms with E-state index < -0.39 is 0 Å². The van der Waals surface area contributed by atoms with Crippen molar-refractivity contribution in [3.63, 3.8) is 0 Å². The number of methoxy groups -OCH3 is 1. The lowest BCUT2D eigenvalue weighted by atomic mass is 10.1. The van der Waals surface area contributed by atoms with Gasteiger partial charge in [0.25, 0.3) is 0 Å². The first-order valence-corrected chi connectivity index (χ1v) is 6.19. The van der Waals surface area contributed by atoms with Gasteiger partial charge in [-0.3, -0.25) is 0 Å². The van der Waals surface area contributed by atoms with E-state index in [0.717, 1.165) is 12.8 Å². The molecule has 3 nitrogen and oxygen atoms in total. The largest absolute Gasteiger partial charge is 0.466 e. The van der Waals surface area contributed by atoms with E-state index in [1.54, 1.807) is 17.5 Å². The average molecular weight is 239 g/mol. The highest BCUT2D eigenvalue weighted by molar-refractivity contribution is 7.10. The Bertz CT molecular complexity index is 333. The first-order valence-electron chi connectivity index (χ1n) is 5.32. The summed E-state index contributed by atoms with van der Waals surface area (Å²) in [5.74, 6) is -0.339. The van der Waals surface area contributed by atoms with Gasteiger partial charge < -0.3 is 10.1 Å². The first kappa shape index (κ1) is 12.8. The predicted octanol–water partition coefficient (Wildman–Crippen LogP) is 2.87. The Hall–Kier alpha value is -1.29. The van der Waals surface area contributed by atoms with Crippen molar-refractivity contribution in [3.8, 4) is 0 Å². The molecule has 1 unspecified atom stereocenters. The molecule has 0 bridgehead atoms. The molecule has 0 saturated carbocycles. The van der Waals surface area contributed by atoms with Crippen molar-refractivity contribution >= 4 is 17.3 Å². The van der Waals surface area contributed by atoms with E-state index in [1.165, 1.54) is 18.1 Å². The third kappa shape index (κ3) is 4.06. The number of carbonyl (C=O) groups is 1. The third-order valence-electron chi connectivity index (χ3n) is 2.18. The summed E-state index contributed by atoms with van der Waals surface area (Å²) in [6.45, 7) is 2.15. The predicted molar refractivity (Wildman–Crippen MR) is 66.3 cm³/mol. The zero-order valence-corrected chi connectivity index (χ0v) is 10.4. The number of hydrogen-bond donors (Lipinski definition) is 1. The molecular formula is C12H17NO2S. The molecule has 0 fully saturated rings. The molecular weight excluding hydrogens is 222 g/mol. The Morgan fingerprint density at radius 1 is 1.69 bits per heavy atom. The normalized spacial score (nSPS) is 12.6. The van der Waals surface area contributed by atoms with Crippen LogP contribution in [0.4, 0.5) is 0 Å². The molecule has 4 heteroatoms. The summed E-state index contributed by atoms with van der Waals surface area (Å²) in [5.41, 5.74) is 0. The lowest BCUT2D eigenvalue weighted by Crippen LogP contribution is -2.14. The SMILES string of the molecule is CCCC(N/C=C/C(=O)OC)c1cccs1. The van der Waals surface area contributed by atoms with E-state index in [2.05, 4.69) is 28.4 Å². The molecule has 0 aliphatic rings. The molecule has 1 N–H and O–H groups in total. The minimum atomic E-state index is -0.339. The highest BCUT2D eigenvalue weighted by Gasteiger charge is 2.08. The molecule has 0 spiro atoms. The number of rotatable bonds is 6. The van der Waals surface area contributed by atoms with Crippen LogP contribution in [0, 0.1) is 0 Å². The quantitative estimate of drug-likeness (QED) is 0.613. The number of carbonyl (C=O) groups excluding carboxylic acids is 1. The number of ether oxygens (including phenoxy) is 1. The van der Waals surface area contributed by atoms with Crippen LogP contribution in [-0.4, -0.2) is 13.1 Å². The maximum atomic E-state index is 10.9. The van der Waals surface area contributed by atoms with Crippen molar-refractivity contribution in [2.24, 2.45) is 0 Å². The van der Waals surface area contributed by atoms with Gasteiger partial charge in [-0.1, -0.05) is 19.4 Å². The van der Waals surface area contributed by atoms with Crippen molar-refractivity contribution in [2.75, 3.05) is 7.11 Å². The fourth-order valence-electron chi connectivity index (χ4n) is 1.39. The zero-order chi connectivity index (χ0) is 11.8. The molecule has 0 radical (unpaired) electrons. The first-order chi connectivity index (χ1) is 7.77. The summed E-state index contributed by atoms with van der Waals surface area (Å²) >= 11 is 1.72. The molecule has 88 valence electrons. The van der Waals surface area contributed by atoms with Gasteiger partial charge in [0.15, 0.2) is 0 Å². The Morgan fingerprint density at radius 3 is 3.06 bits per heavy atom. The second-order valence-electron chi connectivity index (χ2n) is 3.38. The lowest BCUT2D eigenvalue weighted by Gasteiger charge is -2.14. The van der Waals surface area contributed by atoms with Gasteiger partial charge in [0, 0.05) is 17.2 Å². The highest BCUT2D eigenvalue weighted by atomic mass is 32.1. The fourth-order valence-corrected chi connectivity index (χ4v) is 2.21. The van der Waals surface area contributed by atoms with Crippen LogP contribution in [0.5, 0.6) is 0 Å². The summed E-state index contributed by atoms with van der Waals surface area (Å²) < 4.78 is 4.52. The smallest absolute Gasteiger partial charge is 0.331 e.